The predicted octanol–water partition coefficient (Wildman–Crippen LogP) is 2.34. The van der Waals surface area contributed by atoms with Gasteiger partial charge in [-0.3, -0.25) is 0 Å². The summed E-state index contributed by atoms with van der Waals surface area (Å²) in [7, 11) is 0. The Hall–Kier alpha value is -1.88. The first-order valence-electron chi connectivity index (χ1n) is 7.07. The molecule has 1 heterocycles. The van der Waals surface area contributed by atoms with Crippen LogP contribution in [0.25, 0.3) is 5.69 Å². The summed E-state index contributed by atoms with van der Waals surface area (Å²) in [6, 6.07) is 7.65. The lowest BCUT2D eigenvalue weighted by Gasteiger charge is -2.31. The summed E-state index contributed by atoms with van der Waals surface area (Å²) in [5.74, 6) is 0.747. The van der Waals surface area contributed by atoms with Crippen molar-refractivity contribution < 1.29 is 9.84 Å². The molecule has 20 heavy (non-hydrogen) atoms. The molecule has 0 radical (unpaired) electrons. The van der Waals surface area contributed by atoms with Gasteiger partial charge in [-0.25, -0.2) is 4.68 Å². The molecule has 1 saturated carbocycles. The van der Waals surface area contributed by atoms with E-state index < -0.39 is 5.60 Å². The van der Waals surface area contributed by atoms with Crippen LogP contribution in [0.15, 0.2) is 36.7 Å². The van der Waals surface area contributed by atoms with Crippen LogP contribution in [0.3, 0.4) is 0 Å². The maximum absolute atomic E-state index is 10.4. The lowest BCUT2D eigenvalue weighted by Crippen LogP contribution is -2.37. The van der Waals surface area contributed by atoms with Gasteiger partial charge in [-0.2, -0.15) is 0 Å². The van der Waals surface area contributed by atoms with E-state index in [2.05, 4.69) is 10.3 Å². The van der Waals surface area contributed by atoms with Crippen molar-refractivity contribution in [2.75, 3.05) is 6.61 Å². The van der Waals surface area contributed by atoms with Crippen molar-refractivity contribution in [3.63, 3.8) is 0 Å². The van der Waals surface area contributed by atoms with Gasteiger partial charge in [-0.1, -0.05) is 30.5 Å². The van der Waals surface area contributed by atoms with Crippen molar-refractivity contribution in [3.05, 3.63) is 36.7 Å². The number of hydrogen-bond donors (Lipinski definition) is 1. The maximum atomic E-state index is 10.4. The van der Waals surface area contributed by atoms with Crippen LogP contribution in [0.2, 0.25) is 0 Å². The molecule has 5 heteroatoms. The van der Waals surface area contributed by atoms with Crippen molar-refractivity contribution in [1.82, 2.24) is 15.0 Å². The molecule has 3 rings (SSSR count). The Kier molecular flexibility index (Phi) is 3.69. The van der Waals surface area contributed by atoms with Gasteiger partial charge in [-0.15, -0.1) is 5.10 Å². The second kappa shape index (κ2) is 5.63. The zero-order valence-electron chi connectivity index (χ0n) is 11.4. The summed E-state index contributed by atoms with van der Waals surface area (Å²) in [5.41, 5.74) is 0.234. The maximum Gasteiger partial charge on any atom is 0.121 e. The first-order chi connectivity index (χ1) is 9.75. The highest BCUT2D eigenvalue weighted by Gasteiger charge is 2.29. The summed E-state index contributed by atoms with van der Waals surface area (Å²) in [5, 5.41) is 18.2. The van der Waals surface area contributed by atoms with Gasteiger partial charge in [0.1, 0.15) is 12.4 Å². The van der Waals surface area contributed by atoms with E-state index in [0.717, 1.165) is 37.1 Å². The third kappa shape index (κ3) is 2.99. The Labute approximate surface area is 118 Å². The minimum atomic E-state index is -0.665. The molecule has 1 aliphatic rings. The summed E-state index contributed by atoms with van der Waals surface area (Å²) in [6.45, 7) is 0.355. The molecule has 1 fully saturated rings. The summed E-state index contributed by atoms with van der Waals surface area (Å²) >= 11 is 0. The molecule has 1 aromatic heterocycles. The predicted molar refractivity (Wildman–Crippen MR) is 74.9 cm³/mol. The molecule has 0 saturated heterocycles. The molecule has 0 spiro atoms. The molecule has 0 aliphatic heterocycles. The normalized spacial score (nSPS) is 17.9. The van der Waals surface area contributed by atoms with Crippen LogP contribution >= 0.6 is 0 Å². The SMILES string of the molecule is OC1(COc2cccc(-n3ccnn3)c2)CCCCC1. The highest BCUT2D eigenvalue weighted by atomic mass is 16.5. The summed E-state index contributed by atoms with van der Waals surface area (Å²) in [6.07, 6.45) is 8.46. The zero-order chi connectivity index (χ0) is 13.8. The van der Waals surface area contributed by atoms with E-state index in [1.54, 1.807) is 17.1 Å². The van der Waals surface area contributed by atoms with Gasteiger partial charge >= 0.3 is 0 Å². The number of hydrogen-bond acceptors (Lipinski definition) is 4. The first kappa shape index (κ1) is 13.1. The van der Waals surface area contributed by atoms with Gasteiger partial charge in [0.05, 0.1) is 23.7 Å². The van der Waals surface area contributed by atoms with E-state index in [0.29, 0.717) is 6.61 Å². The fourth-order valence-corrected chi connectivity index (χ4v) is 2.63. The van der Waals surface area contributed by atoms with Gasteiger partial charge < -0.3 is 9.84 Å². The number of nitrogens with zero attached hydrogens (tertiary/aromatic N) is 3. The van der Waals surface area contributed by atoms with Crippen LogP contribution in [0.1, 0.15) is 32.1 Å². The Morgan fingerprint density at radius 3 is 2.85 bits per heavy atom. The standard InChI is InChI=1S/C15H19N3O2/c19-15(7-2-1-3-8-15)12-20-14-6-4-5-13(11-14)18-10-9-16-17-18/h4-6,9-11,19H,1-3,7-8,12H2. The molecule has 2 aromatic rings. The largest absolute Gasteiger partial charge is 0.491 e. The van der Waals surface area contributed by atoms with Crippen LogP contribution in [-0.4, -0.2) is 32.3 Å². The Morgan fingerprint density at radius 1 is 1.25 bits per heavy atom. The fourth-order valence-electron chi connectivity index (χ4n) is 2.63. The molecule has 1 aliphatic carbocycles. The molecule has 1 aromatic carbocycles. The van der Waals surface area contributed by atoms with Gasteiger partial charge in [0.15, 0.2) is 0 Å². The molecular formula is C15H19N3O2. The molecule has 0 amide bonds. The van der Waals surface area contributed by atoms with Crippen molar-refractivity contribution in [2.24, 2.45) is 0 Å². The van der Waals surface area contributed by atoms with Gasteiger partial charge in [0.25, 0.3) is 0 Å². The van der Waals surface area contributed by atoms with Crippen LogP contribution < -0.4 is 4.74 Å². The third-order valence-corrected chi connectivity index (χ3v) is 3.80. The molecule has 106 valence electrons. The molecule has 0 atom stereocenters. The molecule has 5 nitrogen and oxygen atoms in total. The average molecular weight is 273 g/mol. The van der Waals surface area contributed by atoms with E-state index in [-0.39, 0.29) is 0 Å². The van der Waals surface area contributed by atoms with Gasteiger partial charge in [0.2, 0.25) is 0 Å². The quantitative estimate of drug-likeness (QED) is 0.929. The highest BCUT2D eigenvalue weighted by molar-refractivity contribution is 5.38. The van der Waals surface area contributed by atoms with E-state index in [9.17, 15) is 5.11 Å². The van der Waals surface area contributed by atoms with Crippen LogP contribution in [0, 0.1) is 0 Å². The van der Waals surface area contributed by atoms with E-state index >= 15 is 0 Å². The lowest BCUT2D eigenvalue weighted by molar-refractivity contribution is -0.0339. The lowest BCUT2D eigenvalue weighted by atomic mass is 9.85. The van der Waals surface area contributed by atoms with Crippen LogP contribution in [0.4, 0.5) is 0 Å². The number of benzene rings is 1. The Morgan fingerprint density at radius 2 is 2.10 bits per heavy atom. The third-order valence-electron chi connectivity index (χ3n) is 3.80. The summed E-state index contributed by atoms with van der Waals surface area (Å²) in [4.78, 5) is 0. The summed E-state index contributed by atoms with van der Waals surface area (Å²) < 4.78 is 7.46. The Balaban J connectivity index is 1.67. The van der Waals surface area contributed by atoms with Crippen LogP contribution in [-0.2, 0) is 0 Å². The number of aliphatic hydroxyl groups is 1. The van der Waals surface area contributed by atoms with Crippen molar-refractivity contribution >= 4 is 0 Å². The second-order valence-electron chi connectivity index (χ2n) is 5.42. The fraction of sp³-hybridized carbons (Fsp3) is 0.467. The number of rotatable bonds is 4. The number of aromatic nitrogens is 3. The average Bonchev–Trinajstić information content (AvgIpc) is 3.01. The van der Waals surface area contributed by atoms with E-state index in [1.165, 1.54) is 6.42 Å². The zero-order valence-corrected chi connectivity index (χ0v) is 11.4. The Bertz CT molecular complexity index is 548. The van der Waals surface area contributed by atoms with E-state index in [4.69, 9.17) is 4.74 Å². The smallest absolute Gasteiger partial charge is 0.121 e. The molecule has 0 unspecified atom stereocenters. The topological polar surface area (TPSA) is 60.2 Å². The van der Waals surface area contributed by atoms with Crippen molar-refractivity contribution in [1.29, 1.82) is 0 Å². The van der Waals surface area contributed by atoms with E-state index in [1.807, 2.05) is 24.3 Å². The van der Waals surface area contributed by atoms with Crippen LogP contribution in [0.5, 0.6) is 5.75 Å². The van der Waals surface area contributed by atoms with Crippen molar-refractivity contribution in [2.45, 2.75) is 37.7 Å². The highest BCUT2D eigenvalue weighted by Crippen LogP contribution is 2.29. The van der Waals surface area contributed by atoms with Gasteiger partial charge in [0, 0.05) is 6.07 Å². The monoisotopic (exact) mass is 273 g/mol. The molecule has 0 bridgehead atoms. The van der Waals surface area contributed by atoms with Crippen molar-refractivity contribution in [3.8, 4) is 11.4 Å². The second-order valence-corrected chi connectivity index (χ2v) is 5.42. The minimum absolute atomic E-state index is 0.355. The molecule has 1 N–H and O–H groups in total. The minimum Gasteiger partial charge on any atom is -0.491 e. The van der Waals surface area contributed by atoms with Gasteiger partial charge in [-0.05, 0) is 25.0 Å². The number of ether oxygens (including phenoxy) is 1. The molecular weight excluding hydrogens is 254 g/mol. The first-order valence-corrected chi connectivity index (χ1v) is 7.07.